The van der Waals surface area contributed by atoms with Gasteiger partial charge in [0.15, 0.2) is 6.20 Å². The molecule has 6 aromatic rings. The summed E-state index contributed by atoms with van der Waals surface area (Å²) in [6.45, 7) is 6.30. The Balaban J connectivity index is 1.74. The maximum atomic E-state index is 5.63. The lowest BCUT2D eigenvalue weighted by atomic mass is 9.90. The van der Waals surface area contributed by atoms with E-state index in [2.05, 4.69) is 84.6 Å². The summed E-state index contributed by atoms with van der Waals surface area (Å²) >= 11 is 0. The molecule has 0 aliphatic carbocycles. The number of hydrogen-bond donors (Lipinski definition) is 0. The molecular formula is C29H27N2O+. The summed E-state index contributed by atoms with van der Waals surface area (Å²) in [4.78, 5) is 0. The Morgan fingerprint density at radius 2 is 1.75 bits per heavy atom. The van der Waals surface area contributed by atoms with E-state index in [4.69, 9.17) is 4.74 Å². The quantitative estimate of drug-likeness (QED) is 0.173. The van der Waals surface area contributed by atoms with Crippen LogP contribution >= 0.6 is 0 Å². The largest absolute Gasteiger partial charge is 0.381 e. The fraction of sp³-hybridized carbons (Fsp3) is 0.276. The monoisotopic (exact) mass is 419 g/mol. The molecule has 158 valence electrons. The molecule has 4 heterocycles. The van der Waals surface area contributed by atoms with E-state index in [1.165, 1.54) is 65.7 Å². The molecule has 0 unspecified atom stereocenters. The number of pyridine rings is 2. The molecule has 1 aliphatic heterocycles. The highest BCUT2D eigenvalue weighted by Gasteiger charge is 2.25. The summed E-state index contributed by atoms with van der Waals surface area (Å²) in [7, 11) is 2.18. The molecule has 1 aliphatic rings. The summed E-state index contributed by atoms with van der Waals surface area (Å²) in [5.41, 5.74) is 9.50. The highest BCUT2D eigenvalue weighted by atomic mass is 16.5. The van der Waals surface area contributed by atoms with Crippen LogP contribution in [-0.4, -0.2) is 17.6 Å². The highest BCUT2D eigenvalue weighted by Crippen LogP contribution is 2.42. The Hall–Kier alpha value is -3.17. The van der Waals surface area contributed by atoms with Crippen molar-refractivity contribution in [2.45, 2.75) is 32.6 Å². The Bertz CT molecular complexity index is 1690. The van der Waals surface area contributed by atoms with Gasteiger partial charge in [0.1, 0.15) is 7.05 Å². The van der Waals surface area contributed by atoms with E-state index in [1.54, 1.807) is 0 Å². The molecule has 0 amide bonds. The molecule has 0 spiro atoms. The molecule has 3 nitrogen and oxygen atoms in total. The number of aryl methyl sites for hydroxylation is 3. The molecule has 3 heteroatoms. The number of aromatic nitrogens is 2. The standard InChI is InChI=1S/C29H27N2O/c1-17-15-23-22-16-21(19-10-13-32-14-11-19)7-8-24(22)31-25-6-4-5-20-9-12-30(3)29(27(20)25)26(18(17)2)28(23)31/h4-9,12,15-16,19H,10-11,13-14H2,1-3H3/q+1. The SMILES string of the molecule is Cc1cc2c3cc(C4CCOCC4)ccc3n3c4cccc5cc[n+](C)c(c(c1C)c23)c54. The van der Waals surface area contributed by atoms with Crippen molar-refractivity contribution in [2.24, 2.45) is 7.05 Å². The number of nitrogens with zero attached hydrogens (tertiary/aromatic N) is 2. The third kappa shape index (κ3) is 2.27. The van der Waals surface area contributed by atoms with Crippen molar-refractivity contribution in [3.05, 3.63) is 71.4 Å². The van der Waals surface area contributed by atoms with Gasteiger partial charge in [-0.25, -0.2) is 4.57 Å². The molecule has 0 N–H and O–H groups in total. The number of fused-ring (bicyclic) bond motifs is 5. The average molecular weight is 420 g/mol. The minimum Gasteiger partial charge on any atom is -0.381 e. The molecule has 1 saturated heterocycles. The molecule has 3 aromatic heterocycles. The first kappa shape index (κ1) is 18.4. The van der Waals surface area contributed by atoms with Gasteiger partial charge in [-0.05, 0) is 78.9 Å². The average Bonchev–Trinajstić information content (AvgIpc) is 3.14. The van der Waals surface area contributed by atoms with E-state index in [9.17, 15) is 0 Å². The molecular weight excluding hydrogens is 392 g/mol. The second-order valence-corrected chi connectivity index (χ2v) is 9.60. The topological polar surface area (TPSA) is 17.5 Å². The van der Waals surface area contributed by atoms with Crippen LogP contribution in [0.4, 0.5) is 0 Å². The number of ether oxygens (including phenoxy) is 1. The summed E-state index contributed by atoms with van der Waals surface area (Å²) in [5, 5.41) is 6.79. The van der Waals surface area contributed by atoms with Crippen molar-refractivity contribution in [1.82, 2.24) is 4.40 Å². The van der Waals surface area contributed by atoms with Crippen molar-refractivity contribution in [3.63, 3.8) is 0 Å². The van der Waals surface area contributed by atoms with Crippen molar-refractivity contribution < 1.29 is 9.30 Å². The molecule has 0 bridgehead atoms. The number of rotatable bonds is 1. The normalized spacial score (nSPS) is 15.8. The van der Waals surface area contributed by atoms with E-state index in [0.717, 1.165) is 26.1 Å². The van der Waals surface area contributed by atoms with E-state index in [-0.39, 0.29) is 0 Å². The van der Waals surface area contributed by atoms with Gasteiger partial charge in [-0.1, -0.05) is 18.2 Å². The van der Waals surface area contributed by atoms with Crippen LogP contribution in [0.1, 0.15) is 35.4 Å². The zero-order chi connectivity index (χ0) is 21.6. The minimum atomic E-state index is 0.598. The second-order valence-electron chi connectivity index (χ2n) is 9.60. The first-order valence-electron chi connectivity index (χ1n) is 11.7. The van der Waals surface area contributed by atoms with Crippen LogP contribution in [0.15, 0.2) is 54.7 Å². The Morgan fingerprint density at radius 1 is 0.906 bits per heavy atom. The molecule has 0 saturated carbocycles. The summed E-state index contributed by atoms with van der Waals surface area (Å²) in [6, 6.07) is 18.6. The fourth-order valence-electron chi connectivity index (χ4n) is 6.13. The number of hydrogen-bond acceptors (Lipinski definition) is 1. The molecule has 1 fully saturated rings. The molecule has 0 atom stereocenters. The van der Waals surface area contributed by atoms with Crippen molar-refractivity contribution in [3.8, 4) is 0 Å². The van der Waals surface area contributed by atoms with Crippen molar-refractivity contribution >= 4 is 49.0 Å². The first-order chi connectivity index (χ1) is 15.6. The van der Waals surface area contributed by atoms with E-state index < -0.39 is 0 Å². The Morgan fingerprint density at radius 3 is 2.59 bits per heavy atom. The van der Waals surface area contributed by atoms with Gasteiger partial charge >= 0.3 is 0 Å². The zero-order valence-electron chi connectivity index (χ0n) is 18.9. The smallest absolute Gasteiger partial charge is 0.224 e. The van der Waals surface area contributed by atoms with Crippen LogP contribution in [-0.2, 0) is 11.8 Å². The Kier molecular flexibility index (Phi) is 3.70. The van der Waals surface area contributed by atoms with E-state index in [1.807, 2.05) is 0 Å². The van der Waals surface area contributed by atoms with Gasteiger partial charge in [-0.15, -0.1) is 0 Å². The summed E-state index contributed by atoms with van der Waals surface area (Å²) in [5.74, 6) is 0.598. The van der Waals surface area contributed by atoms with Crippen LogP contribution in [0.5, 0.6) is 0 Å². The van der Waals surface area contributed by atoms with Crippen LogP contribution in [0.3, 0.4) is 0 Å². The number of benzene rings is 3. The summed E-state index contributed by atoms with van der Waals surface area (Å²) < 4.78 is 10.5. The van der Waals surface area contributed by atoms with Gasteiger partial charge in [0.25, 0.3) is 0 Å². The zero-order valence-corrected chi connectivity index (χ0v) is 18.9. The first-order valence-corrected chi connectivity index (χ1v) is 11.7. The molecule has 7 rings (SSSR count). The lowest BCUT2D eigenvalue weighted by Gasteiger charge is -2.22. The van der Waals surface area contributed by atoms with E-state index in [0.29, 0.717) is 5.92 Å². The predicted molar refractivity (Wildman–Crippen MR) is 132 cm³/mol. The predicted octanol–water partition coefficient (Wildman–Crippen LogP) is 6.33. The van der Waals surface area contributed by atoms with Crippen molar-refractivity contribution in [2.75, 3.05) is 13.2 Å². The van der Waals surface area contributed by atoms with Gasteiger partial charge in [-0.3, -0.25) is 0 Å². The van der Waals surface area contributed by atoms with Crippen LogP contribution in [0.25, 0.3) is 49.0 Å². The van der Waals surface area contributed by atoms with Gasteiger partial charge in [-0.2, -0.15) is 0 Å². The van der Waals surface area contributed by atoms with Gasteiger partial charge in [0.05, 0.1) is 27.3 Å². The third-order valence-electron chi connectivity index (χ3n) is 7.91. The van der Waals surface area contributed by atoms with Crippen LogP contribution < -0.4 is 4.57 Å². The fourth-order valence-corrected chi connectivity index (χ4v) is 6.13. The molecule has 3 aromatic carbocycles. The van der Waals surface area contributed by atoms with Crippen molar-refractivity contribution in [1.29, 1.82) is 0 Å². The van der Waals surface area contributed by atoms with Gasteiger partial charge < -0.3 is 9.14 Å². The van der Waals surface area contributed by atoms with Gasteiger partial charge in [0, 0.05) is 30.1 Å². The van der Waals surface area contributed by atoms with Crippen LogP contribution in [0, 0.1) is 13.8 Å². The maximum absolute atomic E-state index is 5.63. The Labute approximate surface area is 187 Å². The highest BCUT2D eigenvalue weighted by molar-refractivity contribution is 6.26. The molecule has 32 heavy (non-hydrogen) atoms. The lowest BCUT2D eigenvalue weighted by molar-refractivity contribution is -0.643. The summed E-state index contributed by atoms with van der Waals surface area (Å²) in [6.07, 6.45) is 4.44. The van der Waals surface area contributed by atoms with E-state index >= 15 is 0 Å². The second kappa shape index (κ2) is 6.43. The lowest BCUT2D eigenvalue weighted by Crippen LogP contribution is -2.29. The molecule has 0 radical (unpaired) electrons. The van der Waals surface area contributed by atoms with Gasteiger partial charge in [0.2, 0.25) is 5.52 Å². The minimum absolute atomic E-state index is 0.598. The third-order valence-corrected chi connectivity index (χ3v) is 7.91. The van der Waals surface area contributed by atoms with Crippen LogP contribution in [0.2, 0.25) is 0 Å². The maximum Gasteiger partial charge on any atom is 0.224 e.